The van der Waals surface area contributed by atoms with E-state index in [2.05, 4.69) is 10.0 Å². The minimum absolute atomic E-state index is 0.0675. The monoisotopic (exact) mass is 284 g/mol. The Hall–Kier alpha value is -1.56. The van der Waals surface area contributed by atoms with Crippen LogP contribution in [0.3, 0.4) is 0 Å². The van der Waals surface area contributed by atoms with E-state index >= 15 is 0 Å². The fourth-order valence-electron chi connectivity index (χ4n) is 1.69. The third-order valence-electron chi connectivity index (χ3n) is 2.50. The molecule has 1 rings (SSSR count). The molecule has 2 N–H and O–H groups in total. The van der Waals surface area contributed by atoms with Gasteiger partial charge in [0.25, 0.3) is 0 Å². The first kappa shape index (κ1) is 15.5. The predicted molar refractivity (Wildman–Crippen MR) is 76.5 cm³/mol. The summed E-state index contributed by atoms with van der Waals surface area (Å²) in [5, 5.41) is 2.75. The van der Waals surface area contributed by atoms with Crippen molar-refractivity contribution in [3.05, 3.63) is 29.8 Å². The number of hydrogen-bond acceptors (Lipinski definition) is 3. The highest BCUT2D eigenvalue weighted by molar-refractivity contribution is 7.92. The first-order valence-corrected chi connectivity index (χ1v) is 8.13. The van der Waals surface area contributed by atoms with Crippen LogP contribution in [0.2, 0.25) is 0 Å². The summed E-state index contributed by atoms with van der Waals surface area (Å²) in [4.78, 5) is 11.3. The minimum atomic E-state index is -3.23. The van der Waals surface area contributed by atoms with Crippen LogP contribution in [-0.2, 0) is 21.2 Å². The minimum Gasteiger partial charge on any atom is -0.356 e. The third-order valence-corrected chi connectivity index (χ3v) is 3.11. The molecule has 1 aromatic rings. The van der Waals surface area contributed by atoms with Crippen LogP contribution in [0.4, 0.5) is 5.69 Å². The molecule has 0 saturated heterocycles. The van der Waals surface area contributed by atoms with Gasteiger partial charge in [0, 0.05) is 18.7 Å². The standard InChI is InChI=1S/C13H20N2O3S/c1-3-14-13(16)6-4-5-11-7-9-12(10-8-11)15-19(2,17)18/h7-10,15H,3-6H2,1-2H3,(H,14,16). The van der Waals surface area contributed by atoms with Crippen molar-refractivity contribution in [2.75, 3.05) is 17.5 Å². The summed E-state index contributed by atoms with van der Waals surface area (Å²) in [7, 11) is -3.23. The molecular formula is C13H20N2O3S. The van der Waals surface area contributed by atoms with Crippen LogP contribution in [0.5, 0.6) is 0 Å². The van der Waals surface area contributed by atoms with Gasteiger partial charge >= 0.3 is 0 Å². The molecule has 0 aliphatic carbocycles. The molecule has 1 amide bonds. The lowest BCUT2D eigenvalue weighted by atomic mass is 10.1. The third kappa shape index (κ3) is 6.81. The molecule has 0 unspecified atom stereocenters. The molecule has 0 spiro atoms. The van der Waals surface area contributed by atoms with E-state index in [1.807, 2.05) is 19.1 Å². The molecule has 0 fully saturated rings. The van der Waals surface area contributed by atoms with E-state index in [1.54, 1.807) is 12.1 Å². The van der Waals surface area contributed by atoms with Crippen molar-refractivity contribution in [2.45, 2.75) is 26.2 Å². The highest BCUT2D eigenvalue weighted by Gasteiger charge is 2.02. The van der Waals surface area contributed by atoms with Crippen molar-refractivity contribution >= 4 is 21.6 Å². The number of benzene rings is 1. The van der Waals surface area contributed by atoms with Gasteiger partial charge in [-0.05, 0) is 37.5 Å². The Kier molecular flexibility index (Phi) is 5.82. The number of hydrogen-bond donors (Lipinski definition) is 2. The van der Waals surface area contributed by atoms with Crippen LogP contribution in [-0.4, -0.2) is 27.1 Å². The molecule has 19 heavy (non-hydrogen) atoms. The zero-order chi connectivity index (χ0) is 14.3. The van der Waals surface area contributed by atoms with Gasteiger partial charge in [0.1, 0.15) is 0 Å². The summed E-state index contributed by atoms with van der Waals surface area (Å²) in [6.45, 7) is 2.55. The molecular weight excluding hydrogens is 264 g/mol. The second-order valence-corrected chi connectivity index (χ2v) is 6.13. The van der Waals surface area contributed by atoms with Gasteiger partial charge in [0.05, 0.1) is 6.26 Å². The zero-order valence-corrected chi connectivity index (χ0v) is 12.1. The lowest BCUT2D eigenvalue weighted by Crippen LogP contribution is -2.22. The van der Waals surface area contributed by atoms with Crippen molar-refractivity contribution in [1.82, 2.24) is 5.32 Å². The summed E-state index contributed by atoms with van der Waals surface area (Å²) >= 11 is 0. The maximum absolute atomic E-state index is 11.3. The number of aryl methyl sites for hydroxylation is 1. The molecule has 0 heterocycles. The average molecular weight is 284 g/mol. The molecule has 0 aliphatic heterocycles. The van der Waals surface area contributed by atoms with Crippen molar-refractivity contribution in [3.8, 4) is 0 Å². The second kappa shape index (κ2) is 7.13. The first-order valence-electron chi connectivity index (χ1n) is 6.24. The summed E-state index contributed by atoms with van der Waals surface area (Å²) in [5.74, 6) is 0.0675. The number of nitrogens with one attached hydrogen (secondary N) is 2. The lowest BCUT2D eigenvalue weighted by molar-refractivity contribution is -0.121. The van der Waals surface area contributed by atoms with Gasteiger partial charge in [-0.2, -0.15) is 0 Å². The van der Waals surface area contributed by atoms with Gasteiger partial charge < -0.3 is 5.32 Å². The van der Waals surface area contributed by atoms with Crippen molar-refractivity contribution in [3.63, 3.8) is 0 Å². The van der Waals surface area contributed by atoms with E-state index in [0.717, 1.165) is 24.7 Å². The average Bonchev–Trinajstić information content (AvgIpc) is 2.30. The summed E-state index contributed by atoms with van der Waals surface area (Å²) < 4.78 is 24.5. The van der Waals surface area contributed by atoms with E-state index in [0.29, 0.717) is 18.7 Å². The van der Waals surface area contributed by atoms with Crippen LogP contribution < -0.4 is 10.0 Å². The zero-order valence-electron chi connectivity index (χ0n) is 11.3. The van der Waals surface area contributed by atoms with Crippen LogP contribution in [0.15, 0.2) is 24.3 Å². The molecule has 5 nitrogen and oxygen atoms in total. The molecule has 0 saturated carbocycles. The van der Waals surface area contributed by atoms with Gasteiger partial charge in [-0.3, -0.25) is 9.52 Å². The molecule has 0 radical (unpaired) electrons. The summed E-state index contributed by atoms with van der Waals surface area (Å²) in [6, 6.07) is 7.18. The fourth-order valence-corrected chi connectivity index (χ4v) is 2.26. The van der Waals surface area contributed by atoms with Gasteiger partial charge in [0.15, 0.2) is 0 Å². The van der Waals surface area contributed by atoms with E-state index in [9.17, 15) is 13.2 Å². The number of sulfonamides is 1. The fraction of sp³-hybridized carbons (Fsp3) is 0.462. The van der Waals surface area contributed by atoms with Crippen LogP contribution in [0, 0.1) is 0 Å². The van der Waals surface area contributed by atoms with Crippen molar-refractivity contribution < 1.29 is 13.2 Å². The molecule has 1 aromatic carbocycles. The maximum Gasteiger partial charge on any atom is 0.229 e. The molecule has 6 heteroatoms. The van der Waals surface area contributed by atoms with Crippen LogP contribution in [0.25, 0.3) is 0 Å². The number of carbonyl (C=O) groups is 1. The van der Waals surface area contributed by atoms with Gasteiger partial charge in [-0.25, -0.2) is 8.42 Å². The highest BCUT2D eigenvalue weighted by Crippen LogP contribution is 2.12. The van der Waals surface area contributed by atoms with E-state index in [4.69, 9.17) is 0 Å². The molecule has 106 valence electrons. The molecule has 0 aromatic heterocycles. The lowest BCUT2D eigenvalue weighted by Gasteiger charge is -2.06. The van der Waals surface area contributed by atoms with Gasteiger partial charge in [-0.15, -0.1) is 0 Å². The summed E-state index contributed by atoms with van der Waals surface area (Å²) in [6.07, 6.45) is 3.21. The Morgan fingerprint density at radius 1 is 1.21 bits per heavy atom. The van der Waals surface area contributed by atoms with E-state index in [1.165, 1.54) is 0 Å². The Labute approximate surface area is 114 Å². The number of carbonyl (C=O) groups excluding carboxylic acids is 1. The Bertz CT molecular complexity index is 509. The first-order chi connectivity index (χ1) is 8.90. The van der Waals surface area contributed by atoms with Crippen LogP contribution in [0.1, 0.15) is 25.3 Å². The summed E-state index contributed by atoms with van der Waals surface area (Å²) in [5.41, 5.74) is 1.64. The molecule has 0 bridgehead atoms. The number of rotatable bonds is 7. The van der Waals surface area contributed by atoms with Gasteiger partial charge in [-0.1, -0.05) is 12.1 Å². The van der Waals surface area contributed by atoms with E-state index in [-0.39, 0.29) is 5.91 Å². The molecule has 0 atom stereocenters. The highest BCUT2D eigenvalue weighted by atomic mass is 32.2. The van der Waals surface area contributed by atoms with Gasteiger partial charge in [0.2, 0.25) is 15.9 Å². The van der Waals surface area contributed by atoms with Crippen molar-refractivity contribution in [1.29, 1.82) is 0 Å². The molecule has 0 aliphatic rings. The smallest absolute Gasteiger partial charge is 0.229 e. The Balaban J connectivity index is 2.42. The van der Waals surface area contributed by atoms with Crippen molar-refractivity contribution in [2.24, 2.45) is 0 Å². The van der Waals surface area contributed by atoms with E-state index < -0.39 is 10.0 Å². The predicted octanol–water partition coefficient (Wildman–Crippen LogP) is 1.52. The normalized spacial score (nSPS) is 11.1. The topological polar surface area (TPSA) is 75.3 Å². The quantitative estimate of drug-likeness (QED) is 0.797. The Morgan fingerprint density at radius 3 is 2.37 bits per heavy atom. The number of amides is 1. The van der Waals surface area contributed by atoms with Crippen LogP contribution >= 0.6 is 0 Å². The number of anilines is 1. The second-order valence-electron chi connectivity index (χ2n) is 4.38. The Morgan fingerprint density at radius 2 is 1.84 bits per heavy atom. The maximum atomic E-state index is 11.3. The largest absolute Gasteiger partial charge is 0.356 e. The SMILES string of the molecule is CCNC(=O)CCCc1ccc(NS(C)(=O)=O)cc1.